The van der Waals surface area contributed by atoms with E-state index in [0.717, 1.165) is 26.0 Å². The Hall–Kier alpha value is -1.86. The molecule has 0 spiro atoms. The van der Waals surface area contributed by atoms with E-state index >= 15 is 0 Å². The number of hydrogen-bond acceptors (Lipinski definition) is 4. The summed E-state index contributed by atoms with van der Waals surface area (Å²) in [5.74, 6) is 0.919. The Bertz CT molecular complexity index is 501. The molecule has 0 amide bonds. The molecule has 0 unspecified atom stereocenters. The summed E-state index contributed by atoms with van der Waals surface area (Å²) in [4.78, 5) is 4.43. The van der Waals surface area contributed by atoms with Crippen molar-refractivity contribution in [2.75, 3.05) is 52.7 Å². The molecular weight excluding hydrogens is 337 g/mol. The van der Waals surface area contributed by atoms with Gasteiger partial charge in [0, 0.05) is 19.2 Å². The normalized spacial score (nSPS) is 11.4. The molecule has 0 radical (unpaired) electrons. The number of aliphatic imine (C=N–C) groups is 1. The molecule has 2 N–H and O–H groups in total. The molecule has 0 fully saturated rings. The Morgan fingerprint density at radius 2 is 1.85 bits per heavy atom. The second-order valence-electron chi connectivity index (χ2n) is 5.57. The van der Waals surface area contributed by atoms with Gasteiger partial charge >= 0.3 is 0 Å². The van der Waals surface area contributed by atoms with Crippen LogP contribution >= 0.6 is 0 Å². The summed E-state index contributed by atoms with van der Waals surface area (Å²) in [7, 11) is 0. The zero-order chi connectivity index (χ0) is 18.9. The van der Waals surface area contributed by atoms with Crippen LogP contribution in [0.5, 0.6) is 5.75 Å². The van der Waals surface area contributed by atoms with E-state index in [9.17, 15) is 4.39 Å². The number of guanidine groups is 1. The summed E-state index contributed by atoms with van der Waals surface area (Å²) in [6.45, 7) is 9.01. The molecule has 0 saturated heterocycles. The lowest BCUT2D eigenvalue weighted by Crippen LogP contribution is -2.39. The average molecular weight is 369 g/mol. The van der Waals surface area contributed by atoms with Crippen molar-refractivity contribution in [2.24, 2.45) is 4.99 Å². The molecule has 6 nitrogen and oxygen atoms in total. The minimum atomic E-state index is -0.305. The average Bonchev–Trinajstić information content (AvgIpc) is 2.64. The van der Waals surface area contributed by atoms with Gasteiger partial charge in [-0.05, 0) is 25.5 Å². The highest BCUT2D eigenvalue weighted by Crippen LogP contribution is 2.11. The van der Waals surface area contributed by atoms with Gasteiger partial charge in [-0.2, -0.15) is 0 Å². The lowest BCUT2D eigenvalue weighted by molar-refractivity contribution is 0.0497. The number of ether oxygens (including phenoxy) is 3. The van der Waals surface area contributed by atoms with Crippen molar-refractivity contribution < 1.29 is 18.6 Å². The summed E-state index contributed by atoms with van der Waals surface area (Å²) in [5, 5.41) is 6.33. The highest BCUT2D eigenvalue weighted by molar-refractivity contribution is 5.79. The maximum Gasteiger partial charge on any atom is 0.191 e. The number of benzene rings is 1. The lowest BCUT2D eigenvalue weighted by Gasteiger charge is -2.12. The van der Waals surface area contributed by atoms with Gasteiger partial charge in [0.25, 0.3) is 0 Å². The first-order valence-electron chi connectivity index (χ1n) is 9.32. The fourth-order valence-corrected chi connectivity index (χ4v) is 2.03. The van der Waals surface area contributed by atoms with Crippen molar-refractivity contribution in [1.82, 2.24) is 10.6 Å². The summed E-state index contributed by atoms with van der Waals surface area (Å²) in [6.07, 6.45) is 2.23. The van der Waals surface area contributed by atoms with Crippen LogP contribution in [-0.4, -0.2) is 58.6 Å². The predicted molar refractivity (Wildman–Crippen MR) is 102 cm³/mol. The van der Waals surface area contributed by atoms with Gasteiger partial charge in [-0.25, -0.2) is 4.39 Å². The third-order valence-electron chi connectivity index (χ3n) is 3.32. The highest BCUT2D eigenvalue weighted by Gasteiger charge is 1.99. The lowest BCUT2D eigenvalue weighted by atomic mass is 10.3. The van der Waals surface area contributed by atoms with Gasteiger partial charge in [0.2, 0.25) is 0 Å². The highest BCUT2D eigenvalue weighted by atomic mass is 19.1. The van der Waals surface area contributed by atoms with Crippen molar-refractivity contribution in [3.8, 4) is 5.75 Å². The molecule has 1 aromatic rings. The van der Waals surface area contributed by atoms with Gasteiger partial charge in [0.05, 0.1) is 32.9 Å². The van der Waals surface area contributed by atoms with Crippen LogP contribution in [0.3, 0.4) is 0 Å². The fourth-order valence-electron chi connectivity index (χ4n) is 2.03. The summed E-state index contributed by atoms with van der Waals surface area (Å²) in [6, 6.07) is 6.10. The van der Waals surface area contributed by atoms with Gasteiger partial charge in [0.1, 0.15) is 18.2 Å². The molecule has 0 saturated carbocycles. The van der Waals surface area contributed by atoms with Crippen molar-refractivity contribution in [1.29, 1.82) is 0 Å². The van der Waals surface area contributed by atoms with Crippen molar-refractivity contribution in [3.63, 3.8) is 0 Å². The van der Waals surface area contributed by atoms with E-state index in [-0.39, 0.29) is 5.82 Å². The maximum absolute atomic E-state index is 13.1. The van der Waals surface area contributed by atoms with E-state index in [1.807, 2.05) is 6.92 Å². The van der Waals surface area contributed by atoms with Crippen molar-refractivity contribution in [3.05, 3.63) is 30.1 Å². The SMILES string of the molecule is CCCCOCCOCCN=C(NCC)NCCOc1cccc(F)c1. The number of nitrogens with one attached hydrogen (secondary N) is 2. The van der Waals surface area contributed by atoms with Crippen LogP contribution < -0.4 is 15.4 Å². The largest absolute Gasteiger partial charge is 0.492 e. The molecule has 0 bridgehead atoms. The van der Waals surface area contributed by atoms with Crippen LogP contribution in [0.1, 0.15) is 26.7 Å². The predicted octanol–water partition coefficient (Wildman–Crippen LogP) is 2.59. The van der Waals surface area contributed by atoms with E-state index in [1.54, 1.807) is 12.1 Å². The fraction of sp³-hybridized carbons (Fsp3) is 0.632. The van der Waals surface area contributed by atoms with Gasteiger partial charge in [-0.1, -0.05) is 19.4 Å². The Morgan fingerprint density at radius 1 is 1.04 bits per heavy atom. The van der Waals surface area contributed by atoms with Crippen LogP contribution in [-0.2, 0) is 9.47 Å². The number of unbranched alkanes of at least 4 members (excludes halogenated alkanes) is 1. The topological polar surface area (TPSA) is 64.1 Å². The molecule has 0 aliphatic heterocycles. The molecule has 1 rings (SSSR count). The smallest absolute Gasteiger partial charge is 0.191 e. The molecule has 0 heterocycles. The monoisotopic (exact) mass is 369 g/mol. The zero-order valence-corrected chi connectivity index (χ0v) is 15.9. The molecule has 0 atom stereocenters. The Labute approximate surface area is 156 Å². The maximum atomic E-state index is 13.1. The molecule has 148 valence electrons. The molecule has 0 aromatic heterocycles. The standard InChI is InChI=1S/C19H32FN3O3/c1-3-5-11-24-14-15-25-12-9-22-19(21-4-2)23-10-13-26-18-8-6-7-17(20)16-18/h6-8,16H,3-5,9-15H2,1-2H3,(H2,21,22,23). The van der Waals surface area contributed by atoms with Crippen LogP contribution in [0.25, 0.3) is 0 Å². The second-order valence-corrected chi connectivity index (χ2v) is 5.57. The van der Waals surface area contributed by atoms with Crippen molar-refractivity contribution >= 4 is 5.96 Å². The van der Waals surface area contributed by atoms with Crippen molar-refractivity contribution in [2.45, 2.75) is 26.7 Å². The number of rotatable bonds is 14. The zero-order valence-electron chi connectivity index (χ0n) is 15.9. The quantitative estimate of drug-likeness (QED) is 0.300. The minimum Gasteiger partial charge on any atom is -0.492 e. The van der Waals surface area contributed by atoms with Crippen LogP contribution in [0, 0.1) is 5.82 Å². The number of hydrogen-bond donors (Lipinski definition) is 2. The molecule has 7 heteroatoms. The van der Waals surface area contributed by atoms with Gasteiger partial charge in [-0.3, -0.25) is 4.99 Å². The van der Waals surface area contributed by atoms with Gasteiger partial charge < -0.3 is 24.8 Å². The number of halogens is 1. The summed E-state index contributed by atoms with van der Waals surface area (Å²) >= 11 is 0. The van der Waals surface area contributed by atoms with Crippen LogP contribution in [0.4, 0.5) is 4.39 Å². The first kappa shape index (κ1) is 22.2. The Morgan fingerprint density at radius 3 is 2.58 bits per heavy atom. The number of nitrogens with zero attached hydrogens (tertiary/aromatic N) is 1. The van der Waals surface area contributed by atoms with Gasteiger partial charge in [0.15, 0.2) is 5.96 Å². The second kappa shape index (κ2) is 15.4. The van der Waals surface area contributed by atoms with E-state index in [0.29, 0.717) is 51.2 Å². The Balaban J connectivity index is 2.12. The minimum absolute atomic E-state index is 0.305. The molecular formula is C19H32FN3O3. The third-order valence-corrected chi connectivity index (χ3v) is 3.32. The van der Waals surface area contributed by atoms with E-state index < -0.39 is 0 Å². The molecule has 26 heavy (non-hydrogen) atoms. The first-order valence-corrected chi connectivity index (χ1v) is 9.32. The van der Waals surface area contributed by atoms with Crippen LogP contribution in [0.2, 0.25) is 0 Å². The molecule has 0 aliphatic rings. The van der Waals surface area contributed by atoms with Gasteiger partial charge in [-0.15, -0.1) is 0 Å². The molecule has 1 aromatic carbocycles. The summed E-state index contributed by atoms with van der Waals surface area (Å²) in [5.41, 5.74) is 0. The Kier molecular flexibility index (Phi) is 13.1. The van der Waals surface area contributed by atoms with E-state index in [1.165, 1.54) is 12.1 Å². The van der Waals surface area contributed by atoms with E-state index in [4.69, 9.17) is 14.2 Å². The van der Waals surface area contributed by atoms with E-state index in [2.05, 4.69) is 22.5 Å². The first-order chi connectivity index (χ1) is 12.8. The summed E-state index contributed by atoms with van der Waals surface area (Å²) < 4.78 is 29.5. The molecule has 0 aliphatic carbocycles. The van der Waals surface area contributed by atoms with Crippen LogP contribution in [0.15, 0.2) is 29.3 Å². The third kappa shape index (κ3) is 11.7.